The molecule has 0 bridgehead atoms. The molecule has 4 nitrogen and oxygen atoms in total. The molecule has 0 rings (SSSR count). The molecule has 0 heterocycles. The van der Waals surface area contributed by atoms with E-state index in [1.165, 1.54) is 13.8 Å². The summed E-state index contributed by atoms with van der Waals surface area (Å²) in [5, 5.41) is 19.2. The van der Waals surface area contributed by atoms with Crippen LogP contribution >= 0.6 is 0 Å². The second-order valence-electron chi connectivity index (χ2n) is 7.39. The van der Waals surface area contributed by atoms with Gasteiger partial charge in [0.05, 0.1) is 10.8 Å². The lowest BCUT2D eigenvalue weighted by molar-refractivity contribution is -0.176. The van der Waals surface area contributed by atoms with Gasteiger partial charge in [0, 0.05) is 0 Å². The van der Waals surface area contributed by atoms with Crippen molar-refractivity contribution in [3.8, 4) is 0 Å². The summed E-state index contributed by atoms with van der Waals surface area (Å²) in [6.45, 7) is 12.8. The van der Waals surface area contributed by atoms with Crippen LogP contribution in [0.2, 0.25) is 0 Å². The van der Waals surface area contributed by atoms with Crippen LogP contribution in [0.4, 0.5) is 0 Å². The Hall–Kier alpha value is -1.06. The van der Waals surface area contributed by atoms with E-state index in [1.807, 2.05) is 27.7 Å². The number of rotatable bonds is 8. The zero-order valence-electron chi connectivity index (χ0n) is 13.9. The van der Waals surface area contributed by atoms with Crippen LogP contribution in [-0.2, 0) is 9.59 Å². The number of aliphatic carboxylic acids is 2. The molecule has 0 aromatic carbocycles. The van der Waals surface area contributed by atoms with E-state index in [1.54, 1.807) is 6.92 Å². The van der Waals surface area contributed by atoms with Crippen molar-refractivity contribution in [2.45, 2.75) is 61.3 Å². The Morgan fingerprint density at radius 1 is 0.850 bits per heavy atom. The first-order chi connectivity index (χ1) is 8.87. The van der Waals surface area contributed by atoms with E-state index in [0.717, 1.165) is 12.8 Å². The molecule has 0 aromatic rings. The molecule has 2 N–H and O–H groups in total. The van der Waals surface area contributed by atoms with E-state index in [2.05, 4.69) is 0 Å². The molecular formula is C16H30O4. The highest BCUT2D eigenvalue weighted by molar-refractivity contribution is 5.86. The third kappa shape index (κ3) is 3.74. The Bertz CT molecular complexity index is 347. The van der Waals surface area contributed by atoms with Crippen LogP contribution in [0.3, 0.4) is 0 Å². The lowest BCUT2D eigenvalue weighted by Crippen LogP contribution is -2.52. The highest BCUT2D eigenvalue weighted by Crippen LogP contribution is 2.49. The number of carboxylic acids is 2. The van der Waals surface area contributed by atoms with Gasteiger partial charge in [-0.3, -0.25) is 9.59 Å². The van der Waals surface area contributed by atoms with E-state index < -0.39 is 22.8 Å². The van der Waals surface area contributed by atoms with Gasteiger partial charge in [0.25, 0.3) is 0 Å². The van der Waals surface area contributed by atoms with E-state index in [4.69, 9.17) is 0 Å². The van der Waals surface area contributed by atoms with Gasteiger partial charge in [-0.2, -0.15) is 0 Å². The molecule has 20 heavy (non-hydrogen) atoms. The summed E-state index contributed by atoms with van der Waals surface area (Å²) in [4.78, 5) is 23.5. The Balaban J connectivity index is 5.80. The van der Waals surface area contributed by atoms with Gasteiger partial charge in [0.15, 0.2) is 0 Å². The normalized spacial score (nSPS) is 15.7. The van der Waals surface area contributed by atoms with E-state index >= 15 is 0 Å². The molecule has 0 aliphatic heterocycles. The van der Waals surface area contributed by atoms with Gasteiger partial charge < -0.3 is 10.2 Å². The van der Waals surface area contributed by atoms with Crippen LogP contribution < -0.4 is 0 Å². The van der Waals surface area contributed by atoms with Gasteiger partial charge in [-0.25, -0.2) is 0 Å². The molecule has 0 aromatic heterocycles. The van der Waals surface area contributed by atoms with E-state index in [0.29, 0.717) is 11.8 Å². The molecule has 0 saturated heterocycles. The first-order valence-corrected chi connectivity index (χ1v) is 7.34. The molecule has 0 fully saturated rings. The molecule has 0 aliphatic rings. The minimum atomic E-state index is -1.31. The fraction of sp³-hybridized carbons (Fsp3) is 0.875. The SMILES string of the molecule is CC(C)CC(CC(C)C)C(C)(C(=O)O)C(C)(C)C(=O)O. The molecule has 0 amide bonds. The fourth-order valence-electron chi connectivity index (χ4n) is 2.88. The van der Waals surface area contributed by atoms with Crippen molar-refractivity contribution in [1.82, 2.24) is 0 Å². The lowest BCUT2D eigenvalue weighted by Gasteiger charge is -2.44. The van der Waals surface area contributed by atoms with Gasteiger partial charge in [-0.1, -0.05) is 27.7 Å². The molecule has 0 saturated carbocycles. The quantitative estimate of drug-likeness (QED) is 0.709. The maximum Gasteiger partial charge on any atom is 0.310 e. The van der Waals surface area contributed by atoms with Crippen LogP contribution in [-0.4, -0.2) is 22.2 Å². The van der Waals surface area contributed by atoms with Crippen molar-refractivity contribution < 1.29 is 19.8 Å². The predicted molar refractivity (Wildman–Crippen MR) is 79.6 cm³/mol. The number of carboxylic acid groups (broad SMARTS) is 2. The van der Waals surface area contributed by atoms with Gasteiger partial charge in [0.2, 0.25) is 0 Å². The van der Waals surface area contributed by atoms with Gasteiger partial charge in [-0.05, 0) is 51.4 Å². The zero-order chi connectivity index (χ0) is 16.3. The van der Waals surface area contributed by atoms with Crippen molar-refractivity contribution in [2.24, 2.45) is 28.6 Å². The topological polar surface area (TPSA) is 74.6 Å². The maximum atomic E-state index is 11.9. The summed E-state index contributed by atoms with van der Waals surface area (Å²) >= 11 is 0. The summed E-state index contributed by atoms with van der Waals surface area (Å²) in [6, 6.07) is 0. The van der Waals surface area contributed by atoms with Crippen molar-refractivity contribution in [3.63, 3.8) is 0 Å². The lowest BCUT2D eigenvalue weighted by atomic mass is 9.57. The zero-order valence-corrected chi connectivity index (χ0v) is 13.9. The molecule has 118 valence electrons. The Morgan fingerprint density at radius 3 is 1.40 bits per heavy atom. The maximum absolute atomic E-state index is 11.9. The molecule has 0 spiro atoms. The molecule has 0 aliphatic carbocycles. The average molecular weight is 286 g/mol. The van der Waals surface area contributed by atoms with Crippen LogP contribution in [0.1, 0.15) is 61.3 Å². The third-order valence-electron chi connectivity index (χ3n) is 4.61. The summed E-state index contributed by atoms with van der Waals surface area (Å²) in [5.74, 6) is -1.56. The Morgan fingerprint density at radius 2 is 1.20 bits per heavy atom. The average Bonchev–Trinajstić information content (AvgIpc) is 2.24. The second kappa shape index (κ2) is 6.59. The van der Waals surface area contributed by atoms with Crippen LogP contribution in [0.25, 0.3) is 0 Å². The summed E-state index contributed by atoms with van der Waals surface area (Å²) < 4.78 is 0. The number of carbonyl (C=O) groups is 2. The minimum Gasteiger partial charge on any atom is -0.481 e. The van der Waals surface area contributed by atoms with Crippen LogP contribution in [0, 0.1) is 28.6 Å². The molecular weight excluding hydrogens is 256 g/mol. The van der Waals surface area contributed by atoms with Crippen molar-refractivity contribution in [2.75, 3.05) is 0 Å². The van der Waals surface area contributed by atoms with Gasteiger partial charge in [0.1, 0.15) is 0 Å². The minimum absolute atomic E-state index is 0.161. The monoisotopic (exact) mass is 286 g/mol. The third-order valence-corrected chi connectivity index (χ3v) is 4.61. The molecule has 1 unspecified atom stereocenters. The highest BCUT2D eigenvalue weighted by atomic mass is 16.4. The van der Waals surface area contributed by atoms with Crippen LogP contribution in [0.15, 0.2) is 0 Å². The van der Waals surface area contributed by atoms with Crippen LogP contribution in [0.5, 0.6) is 0 Å². The van der Waals surface area contributed by atoms with Crippen molar-refractivity contribution >= 4 is 11.9 Å². The standard InChI is InChI=1S/C16H30O4/c1-10(2)8-12(9-11(3)4)16(7,14(19)20)15(5,6)13(17)18/h10-12H,8-9H2,1-7H3,(H,17,18)(H,19,20). The number of hydrogen-bond acceptors (Lipinski definition) is 2. The molecule has 1 atom stereocenters. The summed E-state index contributed by atoms with van der Waals surface area (Å²) in [7, 11) is 0. The van der Waals surface area contributed by atoms with E-state index in [-0.39, 0.29) is 5.92 Å². The summed E-state index contributed by atoms with van der Waals surface area (Å²) in [6.07, 6.45) is 1.44. The highest BCUT2D eigenvalue weighted by Gasteiger charge is 2.56. The Labute approximate surface area is 122 Å². The largest absolute Gasteiger partial charge is 0.481 e. The molecule has 0 radical (unpaired) electrons. The van der Waals surface area contributed by atoms with Gasteiger partial charge >= 0.3 is 11.9 Å². The number of hydrogen-bond donors (Lipinski definition) is 2. The molecule has 4 heteroatoms. The summed E-state index contributed by atoms with van der Waals surface area (Å²) in [5.41, 5.74) is -2.60. The predicted octanol–water partition coefficient (Wildman–Crippen LogP) is 3.90. The van der Waals surface area contributed by atoms with Crippen molar-refractivity contribution in [3.05, 3.63) is 0 Å². The van der Waals surface area contributed by atoms with E-state index in [9.17, 15) is 19.8 Å². The smallest absolute Gasteiger partial charge is 0.310 e. The van der Waals surface area contributed by atoms with Crippen molar-refractivity contribution in [1.29, 1.82) is 0 Å². The first kappa shape index (κ1) is 18.9. The van der Waals surface area contributed by atoms with Gasteiger partial charge in [-0.15, -0.1) is 0 Å². The first-order valence-electron chi connectivity index (χ1n) is 7.34. The second-order valence-corrected chi connectivity index (χ2v) is 7.39. The fourth-order valence-corrected chi connectivity index (χ4v) is 2.88. The Kier molecular flexibility index (Phi) is 6.25.